The molecule has 0 atom stereocenters. The van der Waals surface area contributed by atoms with Gasteiger partial charge in [-0.1, -0.05) is 11.3 Å². The quantitative estimate of drug-likeness (QED) is 0.795. The molecule has 14 heavy (non-hydrogen) atoms. The van der Waals surface area contributed by atoms with E-state index in [9.17, 15) is 4.39 Å². The van der Waals surface area contributed by atoms with Crippen molar-refractivity contribution in [3.63, 3.8) is 0 Å². The number of nitrogens with zero attached hydrogens (tertiary/aromatic N) is 2. The van der Waals surface area contributed by atoms with Crippen molar-refractivity contribution in [1.82, 2.24) is 10.2 Å². The molecule has 0 bridgehead atoms. The molecule has 0 fully saturated rings. The molecule has 0 aliphatic rings. The Hall–Kier alpha value is -0.810. The maximum atomic E-state index is 13.1. The molecule has 0 aliphatic heterocycles. The van der Waals surface area contributed by atoms with Gasteiger partial charge in [-0.2, -0.15) is 0 Å². The van der Waals surface area contributed by atoms with E-state index in [0.29, 0.717) is 3.92 Å². The fourth-order valence-electron chi connectivity index (χ4n) is 1.18. The van der Waals surface area contributed by atoms with Crippen LogP contribution in [0.4, 0.5) is 4.39 Å². The van der Waals surface area contributed by atoms with Gasteiger partial charge in [0.1, 0.15) is 10.8 Å². The Morgan fingerprint density at radius 2 is 2.07 bits per heavy atom. The third-order valence-electron chi connectivity index (χ3n) is 1.69. The third kappa shape index (κ3) is 1.99. The predicted molar refractivity (Wildman–Crippen MR) is 57.7 cm³/mol. The Balaban J connectivity index is 2.51. The molecule has 72 valence electrons. The van der Waals surface area contributed by atoms with E-state index in [1.165, 1.54) is 23.5 Å². The van der Waals surface area contributed by atoms with Gasteiger partial charge in [0.05, 0.1) is 0 Å². The zero-order valence-corrected chi connectivity index (χ0v) is 9.69. The van der Waals surface area contributed by atoms with Crippen LogP contribution in [0.5, 0.6) is 0 Å². The predicted octanol–water partition coefficient (Wildman–Crippen LogP) is 3.42. The van der Waals surface area contributed by atoms with E-state index in [1.54, 1.807) is 0 Å². The van der Waals surface area contributed by atoms with Crippen LogP contribution in [-0.2, 0) is 0 Å². The van der Waals surface area contributed by atoms with Crippen LogP contribution in [-0.4, -0.2) is 10.2 Å². The fraction of sp³-hybridized carbons (Fsp3) is 0.111. The number of hydrogen-bond acceptors (Lipinski definition) is 3. The maximum Gasteiger partial charge on any atom is 0.183 e. The third-order valence-corrected chi connectivity index (χ3v) is 3.09. The van der Waals surface area contributed by atoms with Crippen LogP contribution >= 0.6 is 27.3 Å². The van der Waals surface area contributed by atoms with Crippen molar-refractivity contribution < 1.29 is 4.39 Å². The Kier molecular flexibility index (Phi) is 2.60. The number of rotatable bonds is 1. The van der Waals surface area contributed by atoms with Crippen LogP contribution < -0.4 is 0 Å². The molecule has 2 rings (SSSR count). The molecule has 2 nitrogen and oxygen atoms in total. The van der Waals surface area contributed by atoms with Crippen molar-refractivity contribution in [3.05, 3.63) is 33.5 Å². The second kappa shape index (κ2) is 3.74. The molecule has 0 unspecified atom stereocenters. The van der Waals surface area contributed by atoms with Gasteiger partial charge in [-0.25, -0.2) is 4.39 Å². The molecule has 5 heteroatoms. The first-order valence-corrected chi connectivity index (χ1v) is 5.52. The van der Waals surface area contributed by atoms with E-state index in [0.717, 1.165) is 16.1 Å². The van der Waals surface area contributed by atoms with Gasteiger partial charge in [0.15, 0.2) is 3.92 Å². The standard InChI is InChI=1S/C9H6BrFN2S/c1-5-2-6(4-7(11)3-5)8-12-13-9(10)14-8/h2-4H,1H3. The average molecular weight is 273 g/mol. The molecule has 0 radical (unpaired) electrons. The summed E-state index contributed by atoms with van der Waals surface area (Å²) in [4.78, 5) is 0. The largest absolute Gasteiger partial charge is 0.207 e. The van der Waals surface area contributed by atoms with Crippen molar-refractivity contribution in [1.29, 1.82) is 0 Å². The van der Waals surface area contributed by atoms with Gasteiger partial charge in [-0.15, -0.1) is 10.2 Å². The molecule has 2 aromatic rings. The lowest BCUT2D eigenvalue weighted by molar-refractivity contribution is 0.627. The molecule has 1 aromatic heterocycles. The first-order valence-electron chi connectivity index (χ1n) is 3.92. The lowest BCUT2D eigenvalue weighted by atomic mass is 10.1. The summed E-state index contributed by atoms with van der Waals surface area (Å²) in [7, 11) is 0. The Morgan fingerprint density at radius 1 is 1.29 bits per heavy atom. The number of aryl methyl sites for hydroxylation is 1. The van der Waals surface area contributed by atoms with Crippen molar-refractivity contribution in [2.75, 3.05) is 0 Å². The molecule has 0 saturated carbocycles. The van der Waals surface area contributed by atoms with Gasteiger partial charge in [0, 0.05) is 5.56 Å². The maximum absolute atomic E-state index is 13.1. The molecular formula is C9H6BrFN2S. The average Bonchev–Trinajstić information content (AvgIpc) is 2.50. The highest BCUT2D eigenvalue weighted by atomic mass is 79.9. The van der Waals surface area contributed by atoms with Crippen LogP contribution in [0, 0.1) is 12.7 Å². The Labute approximate surface area is 92.9 Å². The molecule has 0 amide bonds. The summed E-state index contributed by atoms with van der Waals surface area (Å²) < 4.78 is 13.8. The van der Waals surface area contributed by atoms with Crippen molar-refractivity contribution in [2.24, 2.45) is 0 Å². The summed E-state index contributed by atoms with van der Waals surface area (Å²) in [6.45, 7) is 1.85. The minimum Gasteiger partial charge on any atom is -0.207 e. The summed E-state index contributed by atoms with van der Waals surface area (Å²) in [6.07, 6.45) is 0. The summed E-state index contributed by atoms with van der Waals surface area (Å²) in [5, 5.41) is 8.46. The minimum absolute atomic E-state index is 0.244. The van der Waals surface area contributed by atoms with Gasteiger partial charge in [0.2, 0.25) is 0 Å². The second-order valence-electron chi connectivity index (χ2n) is 2.88. The fourth-order valence-corrected chi connectivity index (χ4v) is 2.28. The lowest BCUT2D eigenvalue weighted by Gasteiger charge is -1.97. The normalized spacial score (nSPS) is 10.5. The summed E-state index contributed by atoms with van der Waals surface area (Å²) in [5.41, 5.74) is 1.65. The number of halogens is 2. The monoisotopic (exact) mass is 272 g/mol. The Bertz CT molecular complexity index is 449. The van der Waals surface area contributed by atoms with Crippen LogP contribution in [0.1, 0.15) is 5.56 Å². The van der Waals surface area contributed by atoms with E-state index < -0.39 is 0 Å². The molecular weight excluding hydrogens is 267 g/mol. The van der Waals surface area contributed by atoms with Gasteiger partial charge in [0.25, 0.3) is 0 Å². The van der Waals surface area contributed by atoms with Crippen molar-refractivity contribution >= 4 is 27.3 Å². The second-order valence-corrected chi connectivity index (χ2v) is 5.13. The summed E-state index contributed by atoms with van der Waals surface area (Å²) >= 11 is 4.60. The molecule has 0 spiro atoms. The van der Waals surface area contributed by atoms with Crippen LogP contribution in [0.15, 0.2) is 22.1 Å². The topological polar surface area (TPSA) is 25.8 Å². The first-order chi connectivity index (χ1) is 6.65. The van der Waals surface area contributed by atoms with Gasteiger partial charge >= 0.3 is 0 Å². The van der Waals surface area contributed by atoms with Gasteiger partial charge < -0.3 is 0 Å². The molecule has 1 aromatic carbocycles. The van der Waals surface area contributed by atoms with Gasteiger partial charge in [-0.3, -0.25) is 0 Å². The number of hydrogen-bond donors (Lipinski definition) is 0. The van der Waals surface area contributed by atoms with Crippen LogP contribution in [0.2, 0.25) is 0 Å². The number of aromatic nitrogens is 2. The van der Waals surface area contributed by atoms with E-state index >= 15 is 0 Å². The zero-order chi connectivity index (χ0) is 10.1. The molecule has 0 aliphatic carbocycles. The summed E-state index contributed by atoms with van der Waals surface area (Å²) in [6, 6.07) is 4.83. The highest BCUT2D eigenvalue weighted by Crippen LogP contribution is 2.27. The van der Waals surface area contributed by atoms with E-state index in [1.807, 2.05) is 13.0 Å². The molecule has 1 heterocycles. The first kappa shape index (κ1) is 9.73. The number of benzene rings is 1. The zero-order valence-electron chi connectivity index (χ0n) is 7.29. The summed E-state index contributed by atoms with van der Waals surface area (Å²) in [5.74, 6) is -0.244. The highest BCUT2D eigenvalue weighted by Gasteiger charge is 2.06. The Morgan fingerprint density at radius 3 is 2.64 bits per heavy atom. The molecule has 0 N–H and O–H groups in total. The van der Waals surface area contributed by atoms with E-state index in [4.69, 9.17) is 0 Å². The molecule has 0 saturated heterocycles. The van der Waals surface area contributed by atoms with Crippen LogP contribution in [0.3, 0.4) is 0 Å². The van der Waals surface area contributed by atoms with E-state index in [2.05, 4.69) is 26.1 Å². The SMILES string of the molecule is Cc1cc(F)cc(-c2nnc(Br)s2)c1. The lowest BCUT2D eigenvalue weighted by Crippen LogP contribution is -1.82. The van der Waals surface area contributed by atoms with Crippen LogP contribution in [0.25, 0.3) is 10.6 Å². The van der Waals surface area contributed by atoms with Crippen molar-refractivity contribution in [2.45, 2.75) is 6.92 Å². The minimum atomic E-state index is -0.244. The van der Waals surface area contributed by atoms with Gasteiger partial charge in [-0.05, 0) is 46.6 Å². The highest BCUT2D eigenvalue weighted by molar-refractivity contribution is 9.11. The smallest absolute Gasteiger partial charge is 0.183 e. The van der Waals surface area contributed by atoms with E-state index in [-0.39, 0.29) is 5.82 Å². The van der Waals surface area contributed by atoms with Crippen molar-refractivity contribution in [3.8, 4) is 10.6 Å².